The SMILES string of the molecule is CCCCCCCC/C=C/CCCCCCCCCCCC(=O)OC1C(OCC(NC(=O)C(O)CCCCCCCCCCCCCCCCCCCCCCCC)C(O)/C=C/CCCCCCCCCCC)OC(CO)C(O)C1O. The van der Waals surface area contributed by atoms with E-state index in [0.717, 1.165) is 57.8 Å². The molecule has 1 saturated heterocycles. The molecule has 1 fully saturated rings. The van der Waals surface area contributed by atoms with Crippen molar-refractivity contribution in [2.45, 2.75) is 397 Å². The minimum atomic E-state index is -1.61. The van der Waals surface area contributed by atoms with E-state index in [1.165, 1.54) is 244 Å². The number of allylic oxidation sites excluding steroid dienone is 3. The number of hydrogen-bond donors (Lipinski definition) is 6. The molecule has 0 spiro atoms. The smallest absolute Gasteiger partial charge is 0.306 e. The summed E-state index contributed by atoms with van der Waals surface area (Å²) in [6.45, 7) is 5.83. The van der Waals surface area contributed by atoms with E-state index in [1.54, 1.807) is 6.08 Å². The van der Waals surface area contributed by atoms with Crippen LogP contribution < -0.4 is 5.32 Å². The third-order valence-electron chi connectivity index (χ3n) is 16.9. The van der Waals surface area contributed by atoms with E-state index < -0.39 is 67.4 Å². The van der Waals surface area contributed by atoms with Crippen LogP contribution >= 0.6 is 0 Å². The number of unbranched alkanes of at least 4 members (excludes halogenated alkanes) is 45. The zero-order valence-corrected chi connectivity index (χ0v) is 53.2. The fourth-order valence-electron chi connectivity index (χ4n) is 11.3. The largest absolute Gasteiger partial charge is 0.454 e. The second-order valence-corrected chi connectivity index (χ2v) is 24.6. The molecular weight excluding hydrogens is 1010 g/mol. The molecule has 1 amide bonds. The lowest BCUT2D eigenvalue weighted by Gasteiger charge is -2.41. The molecule has 0 aliphatic carbocycles. The predicted molar refractivity (Wildman–Crippen MR) is 338 cm³/mol. The highest BCUT2D eigenvalue weighted by Gasteiger charge is 2.47. The van der Waals surface area contributed by atoms with E-state index in [-0.39, 0.29) is 13.0 Å². The Balaban J connectivity index is 2.56. The summed E-state index contributed by atoms with van der Waals surface area (Å²) in [5.41, 5.74) is 0. The highest BCUT2D eigenvalue weighted by atomic mass is 16.7. The summed E-state index contributed by atoms with van der Waals surface area (Å²) in [7, 11) is 0. The first-order chi connectivity index (χ1) is 39.7. The van der Waals surface area contributed by atoms with Crippen molar-refractivity contribution in [3.05, 3.63) is 24.3 Å². The molecule has 81 heavy (non-hydrogen) atoms. The Morgan fingerprint density at radius 3 is 1.20 bits per heavy atom. The number of carbonyl (C=O) groups excluding carboxylic acids is 2. The normalized spacial score (nSPS) is 18.7. The molecule has 0 aromatic carbocycles. The van der Waals surface area contributed by atoms with E-state index in [2.05, 4.69) is 38.2 Å². The monoisotopic (exact) mass is 1150 g/mol. The van der Waals surface area contributed by atoms with Crippen LogP contribution in [0.4, 0.5) is 0 Å². The summed E-state index contributed by atoms with van der Waals surface area (Å²) in [5.74, 6) is -1.18. The standard InChI is InChI=1S/C70H133NO10/c1-4-7-10-13-16-19-22-24-26-28-30-31-32-34-35-37-39-42-45-48-51-54-57-63(74)69(78)71-61(62(73)56-53-50-47-44-41-21-18-15-12-9-6-3)60-79-70-68(67(77)66(76)64(59-72)80-70)81-65(75)58-55-52-49-46-43-40-38-36-33-29-27-25-23-20-17-14-11-8-5-2/h25,27,53,56,61-64,66-68,70,72-74,76-77H,4-24,26,28-52,54-55,57-60H2,1-3H3,(H,71,78)/b27-25+,56-53+. The van der Waals surface area contributed by atoms with Crippen molar-refractivity contribution < 1.29 is 49.3 Å². The number of carbonyl (C=O) groups is 2. The first-order valence-corrected chi connectivity index (χ1v) is 35.1. The van der Waals surface area contributed by atoms with Crippen LogP contribution in [0.15, 0.2) is 24.3 Å². The molecule has 0 saturated carbocycles. The van der Waals surface area contributed by atoms with Crippen molar-refractivity contribution in [1.82, 2.24) is 5.32 Å². The van der Waals surface area contributed by atoms with Crippen molar-refractivity contribution in [2.24, 2.45) is 0 Å². The van der Waals surface area contributed by atoms with Crippen molar-refractivity contribution in [3.8, 4) is 0 Å². The van der Waals surface area contributed by atoms with Crippen molar-refractivity contribution in [1.29, 1.82) is 0 Å². The van der Waals surface area contributed by atoms with Gasteiger partial charge < -0.3 is 45.1 Å². The highest BCUT2D eigenvalue weighted by molar-refractivity contribution is 5.80. The zero-order chi connectivity index (χ0) is 58.9. The highest BCUT2D eigenvalue weighted by Crippen LogP contribution is 2.26. The lowest BCUT2D eigenvalue weighted by Crippen LogP contribution is -2.61. The summed E-state index contributed by atoms with van der Waals surface area (Å²) >= 11 is 0. The number of esters is 1. The number of aliphatic hydroxyl groups excluding tert-OH is 5. The quantitative estimate of drug-likeness (QED) is 0.0195. The molecule has 0 bridgehead atoms. The lowest BCUT2D eigenvalue weighted by molar-refractivity contribution is -0.305. The van der Waals surface area contributed by atoms with Crippen LogP contribution in [0.2, 0.25) is 0 Å². The van der Waals surface area contributed by atoms with Gasteiger partial charge in [0.2, 0.25) is 5.91 Å². The van der Waals surface area contributed by atoms with E-state index in [0.29, 0.717) is 19.3 Å². The summed E-state index contributed by atoms with van der Waals surface area (Å²) in [6.07, 6.45) is 59.4. The van der Waals surface area contributed by atoms with Crippen molar-refractivity contribution in [2.75, 3.05) is 13.2 Å². The number of aliphatic hydroxyl groups is 5. The molecule has 0 radical (unpaired) electrons. The average molecular weight is 1150 g/mol. The lowest BCUT2D eigenvalue weighted by atomic mass is 9.99. The topological polar surface area (TPSA) is 175 Å². The number of nitrogens with one attached hydrogen (secondary N) is 1. The molecule has 1 heterocycles. The predicted octanol–water partition coefficient (Wildman–Crippen LogP) is 17.6. The summed E-state index contributed by atoms with van der Waals surface area (Å²) in [4.78, 5) is 26.6. The maximum Gasteiger partial charge on any atom is 0.306 e. The Morgan fingerprint density at radius 2 is 0.815 bits per heavy atom. The molecule has 11 heteroatoms. The molecule has 11 nitrogen and oxygen atoms in total. The maximum absolute atomic E-state index is 13.5. The Bertz CT molecular complexity index is 1410. The van der Waals surface area contributed by atoms with Gasteiger partial charge in [0.15, 0.2) is 12.4 Å². The van der Waals surface area contributed by atoms with Crippen LogP contribution in [0.5, 0.6) is 0 Å². The second kappa shape index (κ2) is 58.5. The van der Waals surface area contributed by atoms with E-state index >= 15 is 0 Å². The van der Waals surface area contributed by atoms with Gasteiger partial charge in [-0.1, -0.05) is 315 Å². The molecular formula is C70H133NO10. The molecule has 478 valence electrons. The molecule has 8 unspecified atom stereocenters. The van der Waals surface area contributed by atoms with Gasteiger partial charge in [-0.05, 0) is 51.4 Å². The fraction of sp³-hybridized carbons (Fsp3) is 0.914. The van der Waals surface area contributed by atoms with Crippen molar-refractivity contribution in [3.63, 3.8) is 0 Å². The van der Waals surface area contributed by atoms with E-state index in [9.17, 15) is 35.1 Å². The van der Waals surface area contributed by atoms with Gasteiger partial charge in [0.1, 0.15) is 24.4 Å². The number of ether oxygens (including phenoxy) is 3. The van der Waals surface area contributed by atoms with Crippen molar-refractivity contribution >= 4 is 11.9 Å². The third-order valence-corrected chi connectivity index (χ3v) is 16.9. The Labute approximate surface area is 499 Å². The maximum atomic E-state index is 13.5. The summed E-state index contributed by atoms with van der Waals surface area (Å²) in [5, 5.41) is 57.2. The van der Waals surface area contributed by atoms with Gasteiger partial charge in [0.05, 0.1) is 25.4 Å². The number of rotatable bonds is 61. The van der Waals surface area contributed by atoms with Crippen LogP contribution in [-0.4, -0.2) is 99.6 Å². The summed E-state index contributed by atoms with van der Waals surface area (Å²) in [6, 6.07) is -1.02. The molecule has 0 aromatic heterocycles. The Kier molecular flexibility index (Phi) is 55.7. The van der Waals surface area contributed by atoms with Gasteiger partial charge in [-0.15, -0.1) is 0 Å². The third kappa shape index (κ3) is 46.1. The molecule has 1 aliphatic rings. The van der Waals surface area contributed by atoms with Gasteiger partial charge in [-0.25, -0.2) is 0 Å². The van der Waals surface area contributed by atoms with Crippen LogP contribution in [0.3, 0.4) is 0 Å². The van der Waals surface area contributed by atoms with Crippen LogP contribution in [0.25, 0.3) is 0 Å². The van der Waals surface area contributed by atoms with Crippen LogP contribution in [0, 0.1) is 0 Å². The van der Waals surface area contributed by atoms with E-state index in [4.69, 9.17) is 14.2 Å². The average Bonchev–Trinajstić information content (AvgIpc) is 3.50. The first kappa shape index (κ1) is 77.2. The fourth-order valence-corrected chi connectivity index (χ4v) is 11.3. The van der Waals surface area contributed by atoms with Gasteiger partial charge in [0, 0.05) is 6.42 Å². The van der Waals surface area contributed by atoms with Gasteiger partial charge in [-0.3, -0.25) is 9.59 Å². The van der Waals surface area contributed by atoms with Gasteiger partial charge >= 0.3 is 5.97 Å². The molecule has 6 N–H and O–H groups in total. The van der Waals surface area contributed by atoms with Gasteiger partial charge in [0.25, 0.3) is 0 Å². The summed E-state index contributed by atoms with van der Waals surface area (Å²) < 4.78 is 17.7. The minimum Gasteiger partial charge on any atom is -0.454 e. The van der Waals surface area contributed by atoms with Crippen LogP contribution in [-0.2, 0) is 23.8 Å². The minimum absolute atomic E-state index is 0.125. The molecule has 1 aliphatic heterocycles. The Hall–Kier alpha value is -1.86. The Morgan fingerprint density at radius 1 is 0.469 bits per heavy atom. The number of hydrogen-bond acceptors (Lipinski definition) is 10. The first-order valence-electron chi connectivity index (χ1n) is 35.1. The molecule has 0 aromatic rings. The molecule has 1 rings (SSSR count). The second-order valence-electron chi connectivity index (χ2n) is 24.6. The van der Waals surface area contributed by atoms with E-state index in [1.807, 2.05) is 6.08 Å². The van der Waals surface area contributed by atoms with Crippen LogP contribution in [0.1, 0.15) is 348 Å². The molecule has 8 atom stereocenters. The number of amides is 1. The van der Waals surface area contributed by atoms with Gasteiger partial charge in [-0.2, -0.15) is 0 Å². The zero-order valence-electron chi connectivity index (χ0n) is 53.2.